The molecule has 4 nitrogen and oxygen atoms in total. The summed E-state index contributed by atoms with van der Waals surface area (Å²) in [5, 5.41) is 0. The van der Waals surface area contributed by atoms with Gasteiger partial charge in [0.2, 0.25) is 0 Å². The Morgan fingerprint density at radius 3 is 2.22 bits per heavy atom. The zero-order valence-corrected chi connectivity index (χ0v) is 18.2. The molecule has 0 aliphatic rings. The van der Waals surface area contributed by atoms with Gasteiger partial charge < -0.3 is 0 Å². The Kier molecular flexibility index (Phi) is 6.42. The Morgan fingerprint density at radius 1 is 0.781 bits per heavy atom. The second-order valence-electron chi connectivity index (χ2n) is 7.41. The highest BCUT2D eigenvalue weighted by atomic mass is 15.0. The highest BCUT2D eigenvalue weighted by molar-refractivity contribution is 5.74. The molecule has 0 saturated heterocycles. The summed E-state index contributed by atoms with van der Waals surface area (Å²) in [6.45, 7) is 8.21. The van der Waals surface area contributed by atoms with Crippen LogP contribution in [0.15, 0.2) is 104 Å². The number of benzene rings is 2. The first-order valence-corrected chi connectivity index (χ1v) is 10.5. The van der Waals surface area contributed by atoms with Crippen molar-refractivity contribution in [1.29, 1.82) is 0 Å². The monoisotopic (exact) mass is 416 g/mol. The topological polar surface area (TPSA) is 51.6 Å². The van der Waals surface area contributed by atoms with Gasteiger partial charge in [0.05, 0.1) is 0 Å². The van der Waals surface area contributed by atoms with Crippen LogP contribution in [0.4, 0.5) is 0 Å². The molecule has 4 aromatic rings. The van der Waals surface area contributed by atoms with Crippen LogP contribution in [-0.2, 0) is 0 Å². The Morgan fingerprint density at radius 2 is 1.50 bits per heavy atom. The molecule has 4 heteroatoms. The van der Waals surface area contributed by atoms with Crippen molar-refractivity contribution in [3.05, 3.63) is 115 Å². The minimum absolute atomic E-state index is 0.555. The van der Waals surface area contributed by atoms with Crippen molar-refractivity contribution < 1.29 is 0 Å². The largest absolute Gasteiger partial charge is 0.264 e. The second kappa shape index (κ2) is 9.75. The Balaban J connectivity index is 1.86. The summed E-state index contributed by atoms with van der Waals surface area (Å²) in [4.78, 5) is 18.5. The summed E-state index contributed by atoms with van der Waals surface area (Å²) in [6, 6.07) is 20.2. The number of hydrogen-bond acceptors (Lipinski definition) is 4. The number of nitrogens with zero attached hydrogens (tertiary/aromatic N) is 4. The molecule has 0 spiro atoms. The molecule has 0 atom stereocenters. The first kappa shape index (κ1) is 21.1. The third kappa shape index (κ3) is 4.93. The standard InChI is InChI=1S/C28H24N4/c1-4-5-7-11-21(3)26-30-27(22-12-8-6-9-13-22)32-28(31-26)25-17-20(2)16-24(18-25)23-14-10-15-29-19-23/h4-19H,3H2,1-2H3/b5-4-,11-7-. The van der Waals surface area contributed by atoms with Gasteiger partial charge in [-0.3, -0.25) is 4.98 Å². The van der Waals surface area contributed by atoms with E-state index in [1.54, 1.807) is 6.20 Å². The molecule has 0 aliphatic heterocycles. The Bertz CT molecular complexity index is 1290. The van der Waals surface area contributed by atoms with Gasteiger partial charge in [-0.1, -0.05) is 73.3 Å². The minimum atomic E-state index is 0.555. The highest BCUT2D eigenvalue weighted by Gasteiger charge is 2.13. The fourth-order valence-corrected chi connectivity index (χ4v) is 3.33. The van der Waals surface area contributed by atoms with Gasteiger partial charge in [0.15, 0.2) is 17.5 Å². The maximum atomic E-state index is 4.81. The molecule has 0 fully saturated rings. The van der Waals surface area contributed by atoms with E-state index >= 15 is 0 Å². The molecule has 4 rings (SSSR count). The van der Waals surface area contributed by atoms with Crippen molar-refractivity contribution >= 4 is 5.57 Å². The smallest absolute Gasteiger partial charge is 0.164 e. The minimum Gasteiger partial charge on any atom is -0.264 e. The summed E-state index contributed by atoms with van der Waals surface area (Å²) in [5.41, 5.74) is 5.83. The van der Waals surface area contributed by atoms with E-state index in [0.29, 0.717) is 17.5 Å². The molecule has 2 aromatic carbocycles. The van der Waals surface area contributed by atoms with Crippen molar-refractivity contribution in [2.75, 3.05) is 0 Å². The number of aryl methyl sites for hydroxylation is 1. The number of hydrogen-bond donors (Lipinski definition) is 0. The van der Waals surface area contributed by atoms with Crippen molar-refractivity contribution in [3.8, 4) is 33.9 Å². The predicted molar refractivity (Wildman–Crippen MR) is 132 cm³/mol. The van der Waals surface area contributed by atoms with E-state index in [2.05, 4.69) is 36.7 Å². The van der Waals surface area contributed by atoms with Crippen LogP contribution < -0.4 is 0 Å². The second-order valence-corrected chi connectivity index (χ2v) is 7.41. The summed E-state index contributed by atoms with van der Waals surface area (Å²) < 4.78 is 0. The lowest BCUT2D eigenvalue weighted by atomic mass is 10.0. The molecule has 0 unspecified atom stereocenters. The molecule has 0 N–H and O–H groups in total. The van der Waals surface area contributed by atoms with Crippen LogP contribution in [0.3, 0.4) is 0 Å². The van der Waals surface area contributed by atoms with E-state index in [1.807, 2.05) is 79.9 Å². The van der Waals surface area contributed by atoms with Crippen LogP contribution in [0.25, 0.3) is 39.5 Å². The third-order valence-corrected chi connectivity index (χ3v) is 4.89. The molecular weight excluding hydrogens is 392 g/mol. The average Bonchev–Trinajstić information content (AvgIpc) is 2.84. The van der Waals surface area contributed by atoms with Gasteiger partial charge in [-0.15, -0.1) is 0 Å². The first-order valence-electron chi connectivity index (χ1n) is 10.5. The Labute approximate surface area is 188 Å². The molecule has 2 heterocycles. The fraction of sp³-hybridized carbons (Fsp3) is 0.0714. The zero-order chi connectivity index (χ0) is 22.3. The number of allylic oxidation sites excluding steroid dienone is 5. The van der Waals surface area contributed by atoms with E-state index < -0.39 is 0 Å². The molecule has 32 heavy (non-hydrogen) atoms. The molecule has 2 aromatic heterocycles. The maximum absolute atomic E-state index is 4.81. The van der Waals surface area contributed by atoms with Gasteiger partial charge in [0, 0.05) is 34.7 Å². The third-order valence-electron chi connectivity index (χ3n) is 4.89. The van der Waals surface area contributed by atoms with E-state index in [0.717, 1.165) is 33.4 Å². The lowest BCUT2D eigenvalue weighted by Gasteiger charge is -2.10. The van der Waals surface area contributed by atoms with Gasteiger partial charge in [0.1, 0.15) is 0 Å². The van der Waals surface area contributed by atoms with E-state index in [9.17, 15) is 0 Å². The molecule has 0 bridgehead atoms. The fourth-order valence-electron chi connectivity index (χ4n) is 3.33. The molecule has 156 valence electrons. The van der Waals surface area contributed by atoms with Crippen LogP contribution >= 0.6 is 0 Å². The normalized spacial score (nSPS) is 11.3. The van der Waals surface area contributed by atoms with Crippen molar-refractivity contribution in [1.82, 2.24) is 19.9 Å². The lowest BCUT2D eigenvalue weighted by molar-refractivity contribution is 1.04. The van der Waals surface area contributed by atoms with Crippen LogP contribution in [0.2, 0.25) is 0 Å². The molecule has 0 aliphatic carbocycles. The van der Waals surface area contributed by atoms with E-state index in [-0.39, 0.29) is 0 Å². The van der Waals surface area contributed by atoms with Gasteiger partial charge in [0.25, 0.3) is 0 Å². The van der Waals surface area contributed by atoms with E-state index in [4.69, 9.17) is 15.0 Å². The van der Waals surface area contributed by atoms with Crippen molar-refractivity contribution in [3.63, 3.8) is 0 Å². The van der Waals surface area contributed by atoms with Crippen LogP contribution in [0, 0.1) is 6.92 Å². The lowest BCUT2D eigenvalue weighted by Crippen LogP contribution is -2.02. The quantitative estimate of drug-likeness (QED) is 0.327. The van der Waals surface area contributed by atoms with Crippen LogP contribution in [0.5, 0.6) is 0 Å². The number of aromatic nitrogens is 4. The predicted octanol–water partition coefficient (Wildman–Crippen LogP) is 6.72. The molecular formula is C28H24N4. The van der Waals surface area contributed by atoms with E-state index in [1.165, 1.54) is 0 Å². The number of pyridine rings is 1. The van der Waals surface area contributed by atoms with Crippen LogP contribution in [-0.4, -0.2) is 19.9 Å². The Hall–Kier alpha value is -4.18. The summed E-state index contributed by atoms with van der Waals surface area (Å²) >= 11 is 0. The zero-order valence-electron chi connectivity index (χ0n) is 18.2. The molecule has 0 amide bonds. The van der Waals surface area contributed by atoms with Gasteiger partial charge >= 0.3 is 0 Å². The van der Waals surface area contributed by atoms with Gasteiger partial charge in [-0.05, 0) is 43.2 Å². The summed E-state index contributed by atoms with van der Waals surface area (Å²) in [7, 11) is 0. The van der Waals surface area contributed by atoms with Crippen molar-refractivity contribution in [2.24, 2.45) is 0 Å². The summed E-state index contributed by atoms with van der Waals surface area (Å²) in [6.07, 6.45) is 11.4. The number of rotatable bonds is 6. The maximum Gasteiger partial charge on any atom is 0.164 e. The van der Waals surface area contributed by atoms with Gasteiger partial charge in [-0.2, -0.15) is 0 Å². The van der Waals surface area contributed by atoms with Crippen LogP contribution in [0.1, 0.15) is 18.3 Å². The van der Waals surface area contributed by atoms with Gasteiger partial charge in [-0.25, -0.2) is 15.0 Å². The highest BCUT2D eigenvalue weighted by Crippen LogP contribution is 2.28. The van der Waals surface area contributed by atoms with Crippen molar-refractivity contribution in [2.45, 2.75) is 13.8 Å². The SMILES string of the molecule is C=C(/C=C\C=C/C)c1nc(-c2ccccc2)nc(-c2cc(C)cc(-c3cccnc3)c2)n1. The first-order chi connectivity index (χ1) is 15.6. The summed E-state index contributed by atoms with van der Waals surface area (Å²) in [5.74, 6) is 1.79. The molecule has 0 radical (unpaired) electrons. The molecule has 0 saturated carbocycles. The average molecular weight is 417 g/mol.